The van der Waals surface area contributed by atoms with Crippen molar-refractivity contribution in [3.63, 3.8) is 0 Å². The van der Waals surface area contributed by atoms with E-state index in [4.69, 9.17) is 0 Å². The third kappa shape index (κ3) is 6.01. The Kier molecular flexibility index (Phi) is 8.26. The monoisotopic (exact) mass is 449 g/mol. The van der Waals surface area contributed by atoms with Gasteiger partial charge >= 0.3 is 0 Å². The Morgan fingerprint density at radius 2 is 1.58 bits per heavy atom. The van der Waals surface area contributed by atoms with Crippen LogP contribution in [0.5, 0.6) is 0 Å². The molecule has 3 amide bonds. The maximum atomic E-state index is 13.3. The summed E-state index contributed by atoms with van der Waals surface area (Å²) in [5.74, 6) is -0.288. The third-order valence-electron chi connectivity index (χ3n) is 6.50. The molecule has 33 heavy (non-hydrogen) atoms. The van der Waals surface area contributed by atoms with Crippen LogP contribution in [0.1, 0.15) is 58.5 Å². The Labute approximate surface area is 197 Å². The van der Waals surface area contributed by atoms with Crippen molar-refractivity contribution in [1.29, 1.82) is 0 Å². The van der Waals surface area contributed by atoms with E-state index in [9.17, 15) is 14.4 Å². The summed E-state index contributed by atoms with van der Waals surface area (Å²) in [6, 6.07) is 14.4. The van der Waals surface area contributed by atoms with Crippen molar-refractivity contribution in [3.8, 4) is 0 Å². The average molecular weight is 450 g/mol. The molecular formula is C27H35N3O3. The van der Waals surface area contributed by atoms with Crippen LogP contribution in [-0.4, -0.2) is 59.7 Å². The maximum absolute atomic E-state index is 13.3. The highest BCUT2D eigenvalue weighted by atomic mass is 16.2. The van der Waals surface area contributed by atoms with E-state index < -0.39 is 6.04 Å². The highest BCUT2D eigenvalue weighted by molar-refractivity contribution is 5.98. The Balaban J connectivity index is 1.73. The van der Waals surface area contributed by atoms with Crippen LogP contribution in [0, 0.1) is 19.8 Å². The molecule has 0 aromatic heterocycles. The fourth-order valence-corrected chi connectivity index (χ4v) is 4.44. The van der Waals surface area contributed by atoms with Gasteiger partial charge in [0, 0.05) is 37.3 Å². The number of aryl methyl sites for hydroxylation is 2. The van der Waals surface area contributed by atoms with Crippen molar-refractivity contribution >= 4 is 17.7 Å². The van der Waals surface area contributed by atoms with Crippen LogP contribution in [0.3, 0.4) is 0 Å². The lowest BCUT2D eigenvalue weighted by atomic mass is 9.87. The minimum Gasteiger partial charge on any atom is -0.341 e. The first kappa shape index (κ1) is 24.5. The molecule has 1 aliphatic rings. The molecule has 0 aliphatic carbocycles. The predicted octanol–water partition coefficient (Wildman–Crippen LogP) is 3.82. The van der Waals surface area contributed by atoms with Crippen LogP contribution >= 0.6 is 0 Å². The van der Waals surface area contributed by atoms with E-state index in [0.29, 0.717) is 50.1 Å². The fourth-order valence-electron chi connectivity index (χ4n) is 4.44. The molecule has 176 valence electrons. The summed E-state index contributed by atoms with van der Waals surface area (Å²) in [4.78, 5) is 42.8. The van der Waals surface area contributed by atoms with E-state index in [2.05, 4.69) is 5.32 Å². The van der Waals surface area contributed by atoms with Gasteiger partial charge in [-0.05, 0) is 70.7 Å². The van der Waals surface area contributed by atoms with E-state index in [1.54, 1.807) is 17.0 Å². The van der Waals surface area contributed by atoms with Crippen LogP contribution in [0.25, 0.3) is 0 Å². The molecule has 2 aromatic carbocycles. The van der Waals surface area contributed by atoms with Crippen molar-refractivity contribution in [3.05, 3.63) is 70.8 Å². The molecule has 1 heterocycles. The second-order valence-electron chi connectivity index (χ2n) is 8.83. The summed E-state index contributed by atoms with van der Waals surface area (Å²) in [5.41, 5.74) is 3.37. The van der Waals surface area contributed by atoms with E-state index >= 15 is 0 Å². The number of hydrogen-bond donors (Lipinski definition) is 1. The molecule has 0 bridgehead atoms. The van der Waals surface area contributed by atoms with Gasteiger partial charge in [0.15, 0.2) is 0 Å². The number of benzene rings is 2. The molecule has 1 aliphatic heterocycles. The highest BCUT2D eigenvalue weighted by Gasteiger charge is 2.35. The van der Waals surface area contributed by atoms with Crippen LogP contribution in [0.2, 0.25) is 0 Å². The summed E-state index contributed by atoms with van der Waals surface area (Å²) >= 11 is 0. The third-order valence-corrected chi connectivity index (χ3v) is 6.50. The number of nitrogens with zero attached hydrogens (tertiary/aromatic N) is 2. The Hall–Kier alpha value is -3.15. The highest BCUT2D eigenvalue weighted by Crippen LogP contribution is 2.24. The van der Waals surface area contributed by atoms with Gasteiger partial charge in [0.2, 0.25) is 5.91 Å². The number of amides is 3. The van der Waals surface area contributed by atoms with Crippen LogP contribution < -0.4 is 5.32 Å². The minimum atomic E-state index is -0.602. The molecule has 0 spiro atoms. The molecule has 0 saturated carbocycles. The number of hydrogen-bond acceptors (Lipinski definition) is 3. The van der Waals surface area contributed by atoms with Gasteiger partial charge in [-0.2, -0.15) is 0 Å². The number of nitrogens with one attached hydrogen (secondary N) is 1. The average Bonchev–Trinajstić information content (AvgIpc) is 2.83. The first-order valence-electron chi connectivity index (χ1n) is 11.9. The molecule has 1 N–H and O–H groups in total. The molecule has 1 atom stereocenters. The largest absolute Gasteiger partial charge is 0.341 e. The minimum absolute atomic E-state index is 0.0194. The predicted molar refractivity (Wildman–Crippen MR) is 130 cm³/mol. The zero-order valence-electron chi connectivity index (χ0n) is 20.1. The molecule has 6 nitrogen and oxygen atoms in total. The maximum Gasteiger partial charge on any atom is 0.253 e. The van der Waals surface area contributed by atoms with Crippen LogP contribution in [-0.2, 0) is 4.79 Å². The summed E-state index contributed by atoms with van der Waals surface area (Å²) in [7, 11) is 0. The number of rotatable bonds is 7. The van der Waals surface area contributed by atoms with Gasteiger partial charge in [-0.15, -0.1) is 0 Å². The zero-order valence-corrected chi connectivity index (χ0v) is 20.1. The number of carbonyl (C=O) groups is 3. The fraction of sp³-hybridized carbons (Fsp3) is 0.444. The van der Waals surface area contributed by atoms with Crippen LogP contribution in [0.15, 0.2) is 48.5 Å². The molecule has 1 saturated heterocycles. The van der Waals surface area contributed by atoms with Crippen molar-refractivity contribution in [2.24, 2.45) is 5.92 Å². The molecule has 0 radical (unpaired) electrons. The molecular weight excluding hydrogens is 414 g/mol. The van der Waals surface area contributed by atoms with Gasteiger partial charge in [0.25, 0.3) is 11.8 Å². The number of likely N-dealkylation sites (N-methyl/N-ethyl adjacent to an activating group) is 1. The second-order valence-corrected chi connectivity index (χ2v) is 8.83. The number of piperidine rings is 1. The van der Waals surface area contributed by atoms with Crippen molar-refractivity contribution < 1.29 is 14.4 Å². The normalized spacial score (nSPS) is 15.1. The molecule has 6 heteroatoms. The lowest BCUT2D eigenvalue weighted by molar-refractivity contribution is -0.134. The molecule has 1 fully saturated rings. The SMILES string of the molecule is CCN(CC)C(=O)[C@H](NC(=O)c1ccc(C)cc1)C1CCN(C(=O)c2cccc(C)c2)CC1. The lowest BCUT2D eigenvalue weighted by Gasteiger charge is -2.37. The van der Waals surface area contributed by atoms with Gasteiger partial charge < -0.3 is 15.1 Å². The summed E-state index contributed by atoms with van der Waals surface area (Å²) < 4.78 is 0. The van der Waals surface area contributed by atoms with E-state index in [1.807, 2.05) is 69.0 Å². The first-order chi connectivity index (χ1) is 15.8. The second kappa shape index (κ2) is 11.1. The van der Waals surface area contributed by atoms with Gasteiger partial charge in [0.1, 0.15) is 6.04 Å². The van der Waals surface area contributed by atoms with Crippen molar-refractivity contribution in [1.82, 2.24) is 15.1 Å². The van der Waals surface area contributed by atoms with E-state index in [0.717, 1.165) is 11.1 Å². The van der Waals surface area contributed by atoms with Gasteiger partial charge in [-0.25, -0.2) is 0 Å². The first-order valence-corrected chi connectivity index (χ1v) is 11.9. The van der Waals surface area contributed by atoms with Crippen molar-refractivity contribution in [2.45, 2.75) is 46.6 Å². The topological polar surface area (TPSA) is 69.7 Å². The number of likely N-dealkylation sites (tertiary alicyclic amines) is 1. The lowest BCUT2D eigenvalue weighted by Crippen LogP contribution is -2.54. The Morgan fingerprint density at radius 3 is 2.15 bits per heavy atom. The van der Waals surface area contributed by atoms with E-state index in [-0.39, 0.29) is 23.6 Å². The molecule has 3 rings (SSSR count). The summed E-state index contributed by atoms with van der Waals surface area (Å²) in [5, 5.41) is 3.02. The quantitative estimate of drug-likeness (QED) is 0.699. The Bertz CT molecular complexity index is 974. The Morgan fingerprint density at radius 1 is 0.939 bits per heavy atom. The summed E-state index contributed by atoms with van der Waals surface area (Å²) in [6.45, 7) is 10.2. The van der Waals surface area contributed by atoms with Crippen LogP contribution in [0.4, 0.5) is 0 Å². The van der Waals surface area contributed by atoms with Gasteiger partial charge in [0.05, 0.1) is 0 Å². The molecule has 2 aromatic rings. The van der Waals surface area contributed by atoms with Crippen molar-refractivity contribution in [2.75, 3.05) is 26.2 Å². The van der Waals surface area contributed by atoms with E-state index in [1.165, 1.54) is 0 Å². The smallest absolute Gasteiger partial charge is 0.253 e. The van der Waals surface area contributed by atoms with Gasteiger partial charge in [-0.1, -0.05) is 35.4 Å². The zero-order chi connectivity index (χ0) is 24.0. The summed E-state index contributed by atoms with van der Waals surface area (Å²) in [6.07, 6.45) is 1.34. The number of carbonyl (C=O) groups excluding carboxylic acids is 3. The molecule has 0 unspecified atom stereocenters. The van der Waals surface area contributed by atoms with Gasteiger partial charge in [-0.3, -0.25) is 14.4 Å². The standard InChI is InChI=1S/C27H35N3O3/c1-5-29(6-2)27(33)24(28-25(31)22-12-10-19(3)11-13-22)21-14-16-30(17-15-21)26(32)23-9-7-8-20(4)18-23/h7-13,18,21,24H,5-6,14-17H2,1-4H3,(H,28,31)/t24-/m1/s1.